The molecule has 3 heteroatoms. The molecule has 0 aliphatic carbocycles. The largest absolute Gasteiger partial charge is 0.497 e. The first kappa shape index (κ1) is 8.97. The highest BCUT2D eigenvalue weighted by molar-refractivity contribution is 5.17. The van der Waals surface area contributed by atoms with Gasteiger partial charge in [-0.15, -0.1) is 0 Å². The van der Waals surface area contributed by atoms with E-state index in [-0.39, 0.29) is 5.69 Å². The number of hydrogen-bond acceptors (Lipinski definition) is 1. The Bertz CT molecular complexity index is 345. The molecule has 1 aromatic rings. The Morgan fingerprint density at radius 1 is 1.25 bits per heavy atom. The minimum Gasteiger partial charge on any atom is -0.198 e. The first-order valence-corrected chi connectivity index (χ1v) is 3.99. The molecule has 3 nitrogen and oxygen atoms in total. The molecule has 0 aliphatic rings. The molecule has 0 radical (unpaired) electrons. The van der Waals surface area contributed by atoms with Crippen molar-refractivity contribution in [2.24, 2.45) is 14.1 Å². The van der Waals surface area contributed by atoms with Crippen LogP contribution in [0.2, 0.25) is 0 Å². The smallest absolute Gasteiger partial charge is 0.198 e. The van der Waals surface area contributed by atoms with Crippen LogP contribution >= 0.6 is 0 Å². The minimum absolute atomic E-state index is 0.0376. The van der Waals surface area contributed by atoms with E-state index in [1.54, 1.807) is 23.2 Å². The van der Waals surface area contributed by atoms with Gasteiger partial charge in [-0.2, -0.15) is 13.9 Å². The third-order valence-corrected chi connectivity index (χ3v) is 2.67. The highest BCUT2D eigenvalue weighted by atomic mass is 16.1. The van der Waals surface area contributed by atoms with Crippen LogP contribution in [0.3, 0.4) is 0 Å². The zero-order chi connectivity index (χ0) is 9.46. The second-order valence-electron chi connectivity index (χ2n) is 3.20. The van der Waals surface area contributed by atoms with Gasteiger partial charge in [0.05, 0.1) is 14.1 Å². The molecule has 66 valence electrons. The third kappa shape index (κ3) is 1.05. The van der Waals surface area contributed by atoms with Gasteiger partial charge in [-0.1, -0.05) is 0 Å². The molecule has 0 atom stereocenters. The van der Waals surface area contributed by atoms with Crippen molar-refractivity contribution in [2.45, 2.75) is 20.8 Å². The fourth-order valence-corrected chi connectivity index (χ4v) is 1.28. The van der Waals surface area contributed by atoms with Crippen LogP contribution in [-0.4, -0.2) is 4.57 Å². The van der Waals surface area contributed by atoms with Gasteiger partial charge in [0.25, 0.3) is 0 Å². The number of hydrogen-bond donors (Lipinski definition) is 0. The van der Waals surface area contributed by atoms with Gasteiger partial charge in [0.15, 0.2) is 0 Å². The van der Waals surface area contributed by atoms with Crippen molar-refractivity contribution in [3.8, 4) is 0 Å². The van der Waals surface area contributed by atoms with Crippen molar-refractivity contribution >= 4 is 0 Å². The van der Waals surface area contributed by atoms with E-state index in [4.69, 9.17) is 0 Å². The first-order chi connectivity index (χ1) is 5.46. The Hall–Kier alpha value is -1.12. The summed E-state index contributed by atoms with van der Waals surface area (Å²) < 4.78 is 3.34. The van der Waals surface area contributed by atoms with E-state index in [2.05, 4.69) is 0 Å². The van der Waals surface area contributed by atoms with Crippen molar-refractivity contribution in [2.75, 3.05) is 0 Å². The molecule has 0 aromatic carbocycles. The average molecular weight is 167 g/mol. The van der Waals surface area contributed by atoms with Gasteiger partial charge in [0.2, 0.25) is 0 Å². The molecule has 0 fully saturated rings. The third-order valence-electron chi connectivity index (χ3n) is 2.67. The van der Waals surface area contributed by atoms with E-state index in [0.29, 0.717) is 0 Å². The van der Waals surface area contributed by atoms with Crippen molar-refractivity contribution in [1.29, 1.82) is 0 Å². The molecule has 0 aliphatic heterocycles. The molecule has 0 amide bonds. The van der Waals surface area contributed by atoms with Crippen LogP contribution in [-0.2, 0) is 14.1 Å². The maximum atomic E-state index is 11.5. The Balaban J connectivity index is 3.73. The van der Waals surface area contributed by atoms with Gasteiger partial charge in [-0.05, 0) is 20.8 Å². The lowest BCUT2D eigenvalue weighted by Gasteiger charge is -2.05. The topological polar surface area (TPSA) is 25.9 Å². The van der Waals surface area contributed by atoms with Gasteiger partial charge in [-0.3, -0.25) is 0 Å². The Morgan fingerprint density at radius 2 is 1.75 bits per heavy atom. The number of rotatable bonds is 0. The summed E-state index contributed by atoms with van der Waals surface area (Å²) in [5.41, 5.74) is 3.29. The summed E-state index contributed by atoms with van der Waals surface area (Å²) in [5.74, 6) is 0. The van der Waals surface area contributed by atoms with Gasteiger partial charge in [-0.25, -0.2) is 0 Å². The molecule has 1 heterocycles. The van der Waals surface area contributed by atoms with Crippen LogP contribution in [0.15, 0.2) is 4.79 Å². The Labute approximate surface area is 72.3 Å². The molecular formula is C9H15N2O+. The van der Waals surface area contributed by atoms with Crippen LogP contribution in [0.5, 0.6) is 0 Å². The van der Waals surface area contributed by atoms with Gasteiger partial charge in [0.1, 0.15) is 11.4 Å². The molecule has 0 bridgehead atoms. The maximum absolute atomic E-state index is 11.5. The van der Waals surface area contributed by atoms with Crippen molar-refractivity contribution < 1.29 is 4.57 Å². The lowest BCUT2D eigenvalue weighted by atomic mass is 10.2. The molecule has 1 aromatic heterocycles. The lowest BCUT2D eigenvalue weighted by Crippen LogP contribution is -2.54. The predicted molar refractivity (Wildman–Crippen MR) is 47.1 cm³/mol. The first-order valence-electron chi connectivity index (χ1n) is 3.99. The second kappa shape index (κ2) is 2.73. The fourth-order valence-electron chi connectivity index (χ4n) is 1.28. The molecule has 0 saturated carbocycles. The summed E-state index contributed by atoms with van der Waals surface area (Å²) >= 11 is 0. The zero-order valence-electron chi connectivity index (χ0n) is 8.30. The van der Waals surface area contributed by atoms with E-state index < -0.39 is 0 Å². The average Bonchev–Trinajstić information content (AvgIpc) is 2.08. The highest BCUT2D eigenvalue weighted by Crippen LogP contribution is 2.03. The Kier molecular flexibility index (Phi) is 2.04. The minimum atomic E-state index is 0.0376. The number of nitrogens with zero attached hydrogens (tertiary/aromatic N) is 2. The lowest BCUT2D eigenvalue weighted by molar-refractivity contribution is -0.697. The van der Waals surface area contributed by atoms with Crippen molar-refractivity contribution in [3.05, 3.63) is 27.4 Å². The predicted octanol–water partition coefficient (Wildman–Crippen LogP) is 0.135. The summed E-state index contributed by atoms with van der Waals surface area (Å²) in [5, 5.41) is 0. The quantitative estimate of drug-likeness (QED) is 0.504. The fraction of sp³-hybridized carbons (Fsp3) is 0.556. The van der Waals surface area contributed by atoms with E-state index in [1.807, 2.05) is 20.8 Å². The summed E-state index contributed by atoms with van der Waals surface area (Å²) in [6.45, 7) is 5.96. The van der Waals surface area contributed by atoms with Crippen molar-refractivity contribution in [3.63, 3.8) is 0 Å². The van der Waals surface area contributed by atoms with Gasteiger partial charge < -0.3 is 0 Å². The van der Waals surface area contributed by atoms with Crippen molar-refractivity contribution in [1.82, 2.24) is 4.57 Å². The molecule has 12 heavy (non-hydrogen) atoms. The number of aromatic nitrogens is 2. The van der Waals surface area contributed by atoms with E-state index in [9.17, 15) is 4.79 Å². The van der Waals surface area contributed by atoms with Crippen LogP contribution in [0.4, 0.5) is 0 Å². The Morgan fingerprint density at radius 3 is 2.25 bits per heavy atom. The molecule has 0 spiro atoms. The normalized spacial score (nSPS) is 10.4. The summed E-state index contributed by atoms with van der Waals surface area (Å²) in [6, 6.07) is 0. The molecule has 0 saturated heterocycles. The molecule has 0 N–H and O–H groups in total. The van der Waals surface area contributed by atoms with Crippen LogP contribution in [0.1, 0.15) is 17.0 Å². The highest BCUT2D eigenvalue weighted by Gasteiger charge is 2.14. The SMILES string of the molecule is Cc1c(C)n(C)c(=O)[n+](C)c1C. The second-order valence-corrected chi connectivity index (χ2v) is 3.20. The van der Waals surface area contributed by atoms with E-state index >= 15 is 0 Å². The summed E-state index contributed by atoms with van der Waals surface area (Å²) in [4.78, 5) is 11.5. The summed E-state index contributed by atoms with van der Waals surface area (Å²) in [6.07, 6.45) is 0. The summed E-state index contributed by atoms with van der Waals surface area (Å²) in [7, 11) is 3.59. The van der Waals surface area contributed by atoms with Gasteiger partial charge in [0, 0.05) is 5.56 Å². The molecule has 0 unspecified atom stereocenters. The maximum Gasteiger partial charge on any atom is 0.497 e. The van der Waals surface area contributed by atoms with Crippen LogP contribution < -0.4 is 10.3 Å². The monoisotopic (exact) mass is 167 g/mol. The van der Waals surface area contributed by atoms with Crippen LogP contribution in [0, 0.1) is 20.8 Å². The zero-order valence-corrected chi connectivity index (χ0v) is 8.30. The van der Waals surface area contributed by atoms with Gasteiger partial charge >= 0.3 is 5.69 Å². The van der Waals surface area contributed by atoms with Crippen LogP contribution in [0.25, 0.3) is 0 Å². The van der Waals surface area contributed by atoms with E-state index in [1.165, 1.54) is 5.56 Å². The molecule has 1 rings (SSSR count). The molecular weight excluding hydrogens is 152 g/mol. The van der Waals surface area contributed by atoms with E-state index in [0.717, 1.165) is 11.4 Å². The standard InChI is InChI=1S/C9H15N2O/c1-6-7(2)10(4)9(12)11(5)8(6)3/h1-5H3/q+1.